The maximum Gasteiger partial charge on any atom is 0.0315 e. The Morgan fingerprint density at radius 2 is 2.38 bits per heavy atom. The number of pyridine rings is 1. The highest BCUT2D eigenvalue weighted by Gasteiger charge is 2.20. The van der Waals surface area contributed by atoms with Gasteiger partial charge in [0.05, 0.1) is 0 Å². The van der Waals surface area contributed by atoms with E-state index in [-0.39, 0.29) is 0 Å². The van der Waals surface area contributed by atoms with Crippen molar-refractivity contribution in [2.75, 3.05) is 0 Å². The Morgan fingerprint density at radius 1 is 1.50 bits per heavy atom. The molecule has 0 amide bonds. The minimum absolute atomic E-state index is 0.365. The van der Waals surface area contributed by atoms with Crippen molar-refractivity contribution in [3.63, 3.8) is 0 Å². The molecule has 0 aromatic carbocycles. The van der Waals surface area contributed by atoms with E-state index >= 15 is 0 Å². The van der Waals surface area contributed by atoms with E-state index in [1.165, 1.54) is 24.8 Å². The van der Waals surface area contributed by atoms with Gasteiger partial charge in [-0.05, 0) is 37.8 Å². The molecule has 16 heavy (non-hydrogen) atoms. The van der Waals surface area contributed by atoms with Crippen LogP contribution in [0.2, 0.25) is 0 Å². The quantitative estimate of drug-likeness (QED) is 0.817. The molecule has 3 unspecified atom stereocenters. The van der Waals surface area contributed by atoms with E-state index in [1.54, 1.807) is 0 Å². The van der Waals surface area contributed by atoms with Gasteiger partial charge in [0.25, 0.3) is 0 Å². The molecule has 0 saturated heterocycles. The highest BCUT2D eigenvalue weighted by atomic mass is 15.0. The lowest BCUT2D eigenvalue weighted by Crippen LogP contribution is -2.40. The number of aromatic nitrogens is 1. The van der Waals surface area contributed by atoms with E-state index in [2.05, 4.69) is 23.3 Å². The van der Waals surface area contributed by atoms with Crippen molar-refractivity contribution >= 4 is 0 Å². The van der Waals surface area contributed by atoms with Crippen LogP contribution in [0.1, 0.15) is 44.2 Å². The predicted molar refractivity (Wildman–Crippen MR) is 66.0 cm³/mol. The van der Waals surface area contributed by atoms with E-state index in [0.717, 1.165) is 6.42 Å². The standard InChI is InChI=1S/C13H21N3/c1-10(11-4-3-7-15-9-11)16-13-6-2-5-12(14)8-13/h3-4,7,9-10,12-13,16H,2,5-6,8,14H2,1H3. The highest BCUT2D eigenvalue weighted by Crippen LogP contribution is 2.20. The van der Waals surface area contributed by atoms with Crippen molar-refractivity contribution in [1.29, 1.82) is 0 Å². The topological polar surface area (TPSA) is 50.9 Å². The Kier molecular flexibility index (Phi) is 3.91. The Balaban J connectivity index is 1.89. The third-order valence-electron chi connectivity index (χ3n) is 3.38. The summed E-state index contributed by atoms with van der Waals surface area (Å²) in [4.78, 5) is 4.15. The lowest BCUT2D eigenvalue weighted by atomic mass is 9.91. The Labute approximate surface area is 97.5 Å². The fraction of sp³-hybridized carbons (Fsp3) is 0.615. The largest absolute Gasteiger partial charge is 0.328 e. The number of nitrogens with zero attached hydrogens (tertiary/aromatic N) is 1. The van der Waals surface area contributed by atoms with E-state index in [9.17, 15) is 0 Å². The zero-order valence-electron chi connectivity index (χ0n) is 9.89. The second-order valence-electron chi connectivity index (χ2n) is 4.80. The molecule has 0 radical (unpaired) electrons. The molecule has 3 heteroatoms. The molecule has 3 nitrogen and oxygen atoms in total. The summed E-state index contributed by atoms with van der Waals surface area (Å²) in [5, 5.41) is 3.65. The van der Waals surface area contributed by atoms with Gasteiger partial charge in [0.15, 0.2) is 0 Å². The van der Waals surface area contributed by atoms with Crippen LogP contribution >= 0.6 is 0 Å². The van der Waals surface area contributed by atoms with Gasteiger partial charge in [-0.25, -0.2) is 0 Å². The Bertz CT molecular complexity index is 312. The molecule has 1 aromatic rings. The van der Waals surface area contributed by atoms with Crippen LogP contribution in [0.5, 0.6) is 0 Å². The summed E-state index contributed by atoms with van der Waals surface area (Å²) in [5.74, 6) is 0. The van der Waals surface area contributed by atoms with Gasteiger partial charge in [-0.3, -0.25) is 4.98 Å². The van der Waals surface area contributed by atoms with Crippen molar-refractivity contribution in [3.05, 3.63) is 30.1 Å². The first-order valence-electron chi connectivity index (χ1n) is 6.17. The summed E-state index contributed by atoms with van der Waals surface area (Å²) in [7, 11) is 0. The van der Waals surface area contributed by atoms with Gasteiger partial charge in [0, 0.05) is 30.5 Å². The van der Waals surface area contributed by atoms with Crippen LogP contribution < -0.4 is 11.1 Å². The molecular formula is C13H21N3. The van der Waals surface area contributed by atoms with Crippen LogP contribution in [0.3, 0.4) is 0 Å². The van der Waals surface area contributed by atoms with Crippen LogP contribution in [-0.2, 0) is 0 Å². The van der Waals surface area contributed by atoms with Gasteiger partial charge >= 0.3 is 0 Å². The molecule has 0 aliphatic heterocycles. The molecule has 2 rings (SSSR count). The van der Waals surface area contributed by atoms with Gasteiger partial charge in [-0.2, -0.15) is 0 Å². The van der Waals surface area contributed by atoms with Crippen LogP contribution in [-0.4, -0.2) is 17.1 Å². The van der Waals surface area contributed by atoms with Gasteiger partial charge in [0.2, 0.25) is 0 Å². The second kappa shape index (κ2) is 5.41. The molecule has 0 spiro atoms. The van der Waals surface area contributed by atoms with E-state index in [4.69, 9.17) is 5.73 Å². The summed E-state index contributed by atoms with van der Waals surface area (Å²) in [6.45, 7) is 2.19. The Hall–Kier alpha value is -0.930. The monoisotopic (exact) mass is 219 g/mol. The van der Waals surface area contributed by atoms with E-state index in [1.807, 2.05) is 18.5 Å². The summed E-state index contributed by atoms with van der Waals surface area (Å²) in [5.41, 5.74) is 7.24. The maximum atomic E-state index is 5.99. The first-order valence-corrected chi connectivity index (χ1v) is 6.17. The number of nitrogens with two attached hydrogens (primary N) is 1. The Morgan fingerprint density at radius 3 is 3.06 bits per heavy atom. The lowest BCUT2D eigenvalue weighted by molar-refractivity contribution is 0.318. The number of rotatable bonds is 3. The molecule has 1 fully saturated rings. The molecule has 1 aliphatic rings. The summed E-state index contributed by atoms with van der Waals surface area (Å²) in [6, 6.07) is 5.42. The van der Waals surface area contributed by atoms with Crippen LogP contribution in [0.25, 0.3) is 0 Å². The summed E-state index contributed by atoms with van der Waals surface area (Å²) >= 11 is 0. The summed E-state index contributed by atoms with van der Waals surface area (Å²) in [6.07, 6.45) is 8.52. The number of hydrogen-bond acceptors (Lipinski definition) is 3. The third-order valence-corrected chi connectivity index (χ3v) is 3.38. The average Bonchev–Trinajstić information content (AvgIpc) is 2.30. The summed E-state index contributed by atoms with van der Waals surface area (Å²) < 4.78 is 0. The predicted octanol–water partition coefficient (Wildman–Crippen LogP) is 2.00. The van der Waals surface area contributed by atoms with Crippen LogP contribution in [0.15, 0.2) is 24.5 Å². The molecule has 3 atom stereocenters. The zero-order valence-corrected chi connectivity index (χ0v) is 9.89. The van der Waals surface area contributed by atoms with Gasteiger partial charge in [0.1, 0.15) is 0 Å². The smallest absolute Gasteiger partial charge is 0.0315 e. The maximum absolute atomic E-state index is 5.99. The van der Waals surface area contributed by atoms with Crippen molar-refractivity contribution in [2.24, 2.45) is 5.73 Å². The first-order chi connectivity index (χ1) is 7.75. The number of hydrogen-bond donors (Lipinski definition) is 2. The van der Waals surface area contributed by atoms with Crippen molar-refractivity contribution in [3.8, 4) is 0 Å². The van der Waals surface area contributed by atoms with E-state index < -0.39 is 0 Å². The van der Waals surface area contributed by atoms with Crippen molar-refractivity contribution < 1.29 is 0 Å². The van der Waals surface area contributed by atoms with Crippen molar-refractivity contribution in [1.82, 2.24) is 10.3 Å². The number of nitrogens with one attached hydrogen (secondary N) is 1. The lowest BCUT2D eigenvalue weighted by Gasteiger charge is -2.30. The first kappa shape index (κ1) is 11.6. The highest BCUT2D eigenvalue weighted by molar-refractivity contribution is 5.13. The zero-order chi connectivity index (χ0) is 11.4. The van der Waals surface area contributed by atoms with Gasteiger partial charge < -0.3 is 11.1 Å². The van der Waals surface area contributed by atoms with Gasteiger partial charge in [-0.15, -0.1) is 0 Å². The normalized spacial score (nSPS) is 27.6. The minimum atomic E-state index is 0.365. The van der Waals surface area contributed by atoms with Crippen LogP contribution in [0, 0.1) is 0 Å². The molecule has 1 aromatic heterocycles. The molecular weight excluding hydrogens is 198 g/mol. The molecule has 1 aliphatic carbocycles. The van der Waals surface area contributed by atoms with Crippen molar-refractivity contribution in [2.45, 2.75) is 50.7 Å². The second-order valence-corrected chi connectivity index (χ2v) is 4.80. The molecule has 3 N–H and O–H groups in total. The molecule has 1 heterocycles. The van der Waals surface area contributed by atoms with Crippen LogP contribution in [0.4, 0.5) is 0 Å². The molecule has 0 bridgehead atoms. The fourth-order valence-corrected chi connectivity index (χ4v) is 2.46. The minimum Gasteiger partial charge on any atom is -0.328 e. The molecule has 88 valence electrons. The van der Waals surface area contributed by atoms with E-state index in [0.29, 0.717) is 18.1 Å². The third kappa shape index (κ3) is 3.03. The fourth-order valence-electron chi connectivity index (χ4n) is 2.46. The SMILES string of the molecule is CC(NC1CCCC(N)C1)c1cccnc1. The average molecular weight is 219 g/mol. The molecule has 1 saturated carbocycles. The van der Waals surface area contributed by atoms with Gasteiger partial charge in [-0.1, -0.05) is 12.5 Å².